The molecule has 4 aromatic rings. The molecule has 0 saturated heterocycles. The van der Waals surface area contributed by atoms with Gasteiger partial charge in [0.2, 0.25) is 5.13 Å². The summed E-state index contributed by atoms with van der Waals surface area (Å²) in [6, 6.07) is 18.5. The van der Waals surface area contributed by atoms with Gasteiger partial charge in [0.15, 0.2) is 5.82 Å². The molecule has 0 aliphatic heterocycles. The smallest absolute Gasteiger partial charge is 0.258 e. The number of pyridine rings is 1. The monoisotopic (exact) mass is 366 g/mol. The van der Waals surface area contributed by atoms with Crippen LogP contribution in [0.5, 0.6) is 0 Å². The molecule has 5 nitrogen and oxygen atoms in total. The first kappa shape index (κ1) is 15.7. The number of anilines is 1. The summed E-state index contributed by atoms with van der Waals surface area (Å²) in [5.41, 5.74) is 2.02. The average molecular weight is 367 g/mol. The molecule has 2 heterocycles. The van der Waals surface area contributed by atoms with Gasteiger partial charge in [0.1, 0.15) is 5.15 Å². The molecule has 25 heavy (non-hydrogen) atoms. The molecule has 0 spiro atoms. The fourth-order valence-electron chi connectivity index (χ4n) is 2.47. The standard InChI is InChI=1S/C18H11ClN4OS/c19-15-10-13(12-8-4-5-9-14(12)20-15)17(24)22-18-21-16(23-25-18)11-6-2-1-3-7-11/h1-10H,(H,21,22,23,24). The number of fused-ring (bicyclic) bond motifs is 1. The van der Waals surface area contributed by atoms with Gasteiger partial charge < -0.3 is 0 Å². The SMILES string of the molecule is O=C(Nc1nc(-c2ccccc2)ns1)c1cc(Cl)nc2ccccc12. The lowest BCUT2D eigenvalue weighted by Gasteiger charge is -2.06. The first-order valence-electron chi connectivity index (χ1n) is 7.46. The van der Waals surface area contributed by atoms with E-state index in [4.69, 9.17) is 11.6 Å². The lowest BCUT2D eigenvalue weighted by Crippen LogP contribution is -2.12. The largest absolute Gasteiger partial charge is 0.297 e. The summed E-state index contributed by atoms with van der Waals surface area (Å²) in [5.74, 6) is 0.287. The number of halogens is 1. The van der Waals surface area contributed by atoms with Gasteiger partial charge in [-0.05, 0) is 12.1 Å². The molecule has 2 aromatic heterocycles. The highest BCUT2D eigenvalue weighted by atomic mass is 35.5. The summed E-state index contributed by atoms with van der Waals surface area (Å²) in [6.45, 7) is 0. The second-order valence-electron chi connectivity index (χ2n) is 5.25. The van der Waals surface area contributed by atoms with Crippen molar-refractivity contribution in [3.8, 4) is 11.4 Å². The maximum atomic E-state index is 12.7. The quantitative estimate of drug-likeness (QED) is 0.535. The van der Waals surface area contributed by atoms with Crippen molar-refractivity contribution in [1.82, 2.24) is 14.3 Å². The summed E-state index contributed by atoms with van der Waals surface area (Å²) in [4.78, 5) is 21.3. The van der Waals surface area contributed by atoms with Crippen molar-refractivity contribution < 1.29 is 4.79 Å². The molecule has 0 aliphatic rings. The van der Waals surface area contributed by atoms with E-state index in [2.05, 4.69) is 19.7 Å². The Hall–Kier alpha value is -2.83. The molecule has 0 aliphatic carbocycles. The lowest BCUT2D eigenvalue weighted by atomic mass is 10.1. The zero-order chi connectivity index (χ0) is 17.2. The third-order valence-corrected chi connectivity index (χ3v) is 4.43. The zero-order valence-corrected chi connectivity index (χ0v) is 14.4. The number of carbonyl (C=O) groups excluding carboxylic acids is 1. The normalized spacial score (nSPS) is 10.8. The minimum atomic E-state index is -0.295. The highest BCUT2D eigenvalue weighted by molar-refractivity contribution is 7.10. The molecule has 0 bridgehead atoms. The molecule has 1 N–H and O–H groups in total. The van der Waals surface area contributed by atoms with Gasteiger partial charge in [0.25, 0.3) is 5.91 Å². The summed E-state index contributed by atoms with van der Waals surface area (Å²) < 4.78 is 4.29. The fraction of sp³-hybridized carbons (Fsp3) is 0. The Kier molecular flexibility index (Phi) is 4.13. The molecule has 0 atom stereocenters. The van der Waals surface area contributed by atoms with Gasteiger partial charge in [-0.3, -0.25) is 10.1 Å². The number of para-hydroxylation sites is 1. The van der Waals surface area contributed by atoms with Crippen molar-refractivity contribution in [3.05, 3.63) is 71.4 Å². The Balaban J connectivity index is 1.64. The summed E-state index contributed by atoms with van der Waals surface area (Å²) in [5, 5.41) is 4.22. The number of carbonyl (C=O) groups is 1. The fourth-order valence-corrected chi connectivity index (χ4v) is 3.26. The van der Waals surface area contributed by atoms with E-state index in [-0.39, 0.29) is 11.1 Å². The predicted octanol–water partition coefficient (Wildman–Crippen LogP) is 4.66. The molecule has 0 saturated carbocycles. The molecule has 4 rings (SSSR count). The zero-order valence-electron chi connectivity index (χ0n) is 12.8. The van der Waals surface area contributed by atoms with Gasteiger partial charge in [0, 0.05) is 22.5 Å². The minimum Gasteiger partial charge on any atom is -0.297 e. The molecule has 2 aromatic carbocycles. The van der Waals surface area contributed by atoms with Crippen LogP contribution in [0, 0.1) is 0 Å². The highest BCUT2D eigenvalue weighted by Crippen LogP contribution is 2.24. The molecule has 7 heteroatoms. The van der Waals surface area contributed by atoms with Crippen LogP contribution in [0.2, 0.25) is 5.15 Å². The Morgan fingerprint density at radius 3 is 2.60 bits per heavy atom. The Morgan fingerprint density at radius 1 is 1.00 bits per heavy atom. The van der Waals surface area contributed by atoms with E-state index in [1.165, 1.54) is 0 Å². The molecular formula is C18H11ClN4OS. The Labute approximate surface area is 152 Å². The van der Waals surface area contributed by atoms with E-state index >= 15 is 0 Å². The molecule has 0 unspecified atom stereocenters. The van der Waals surface area contributed by atoms with Crippen LogP contribution in [0.25, 0.3) is 22.3 Å². The van der Waals surface area contributed by atoms with E-state index in [0.29, 0.717) is 22.0 Å². The number of aromatic nitrogens is 3. The van der Waals surface area contributed by atoms with Crippen LogP contribution in [-0.4, -0.2) is 20.2 Å². The van der Waals surface area contributed by atoms with E-state index in [0.717, 1.165) is 22.5 Å². The second kappa shape index (κ2) is 6.58. The van der Waals surface area contributed by atoms with E-state index in [1.807, 2.05) is 54.6 Å². The van der Waals surface area contributed by atoms with Gasteiger partial charge >= 0.3 is 0 Å². The lowest BCUT2D eigenvalue weighted by molar-refractivity contribution is 0.102. The molecule has 1 amide bonds. The van der Waals surface area contributed by atoms with Crippen molar-refractivity contribution in [1.29, 1.82) is 0 Å². The maximum Gasteiger partial charge on any atom is 0.258 e. The van der Waals surface area contributed by atoms with Crippen molar-refractivity contribution in [2.75, 3.05) is 5.32 Å². The first-order valence-corrected chi connectivity index (χ1v) is 8.61. The van der Waals surface area contributed by atoms with Gasteiger partial charge in [-0.25, -0.2) is 4.98 Å². The third-order valence-electron chi connectivity index (χ3n) is 3.61. The van der Waals surface area contributed by atoms with Crippen molar-refractivity contribution in [3.63, 3.8) is 0 Å². The Morgan fingerprint density at radius 2 is 1.76 bits per heavy atom. The molecular weight excluding hydrogens is 356 g/mol. The molecule has 0 fully saturated rings. The topological polar surface area (TPSA) is 67.8 Å². The first-order chi connectivity index (χ1) is 12.2. The van der Waals surface area contributed by atoms with E-state index in [1.54, 1.807) is 6.07 Å². The average Bonchev–Trinajstić information content (AvgIpc) is 3.10. The number of rotatable bonds is 3. The van der Waals surface area contributed by atoms with E-state index in [9.17, 15) is 4.79 Å². The van der Waals surface area contributed by atoms with Crippen LogP contribution in [0.1, 0.15) is 10.4 Å². The number of hydrogen-bond donors (Lipinski definition) is 1. The van der Waals surface area contributed by atoms with Crippen LogP contribution in [0.4, 0.5) is 5.13 Å². The minimum absolute atomic E-state index is 0.270. The van der Waals surface area contributed by atoms with Gasteiger partial charge in [0.05, 0.1) is 11.1 Å². The Bertz CT molecular complexity index is 1070. The van der Waals surface area contributed by atoms with Gasteiger partial charge in [-0.2, -0.15) is 9.36 Å². The van der Waals surface area contributed by atoms with Crippen molar-refractivity contribution in [2.24, 2.45) is 0 Å². The number of nitrogens with zero attached hydrogens (tertiary/aromatic N) is 3. The van der Waals surface area contributed by atoms with E-state index < -0.39 is 0 Å². The van der Waals surface area contributed by atoms with Crippen molar-refractivity contribution in [2.45, 2.75) is 0 Å². The van der Waals surface area contributed by atoms with Crippen LogP contribution in [-0.2, 0) is 0 Å². The third kappa shape index (κ3) is 3.22. The highest BCUT2D eigenvalue weighted by Gasteiger charge is 2.15. The van der Waals surface area contributed by atoms with Gasteiger partial charge in [-0.1, -0.05) is 60.1 Å². The van der Waals surface area contributed by atoms with Crippen LogP contribution in [0.3, 0.4) is 0 Å². The number of hydrogen-bond acceptors (Lipinski definition) is 5. The molecule has 0 radical (unpaired) electrons. The van der Waals surface area contributed by atoms with Gasteiger partial charge in [-0.15, -0.1) is 0 Å². The summed E-state index contributed by atoms with van der Waals surface area (Å²) in [6.07, 6.45) is 0. The number of benzene rings is 2. The molecule has 122 valence electrons. The van der Waals surface area contributed by atoms with Crippen LogP contribution < -0.4 is 5.32 Å². The maximum absolute atomic E-state index is 12.7. The number of amides is 1. The van der Waals surface area contributed by atoms with Crippen LogP contribution >= 0.6 is 23.1 Å². The summed E-state index contributed by atoms with van der Waals surface area (Å²) in [7, 11) is 0. The second-order valence-corrected chi connectivity index (χ2v) is 6.39. The van der Waals surface area contributed by atoms with Crippen LogP contribution in [0.15, 0.2) is 60.7 Å². The summed E-state index contributed by atoms with van der Waals surface area (Å²) >= 11 is 7.17. The number of nitrogens with one attached hydrogen (secondary N) is 1. The predicted molar refractivity (Wildman–Crippen MR) is 100 cm³/mol. The van der Waals surface area contributed by atoms with Crippen molar-refractivity contribution >= 4 is 45.1 Å².